The first-order chi connectivity index (χ1) is 12.2. The van der Waals surface area contributed by atoms with Gasteiger partial charge in [0.15, 0.2) is 5.13 Å². The van der Waals surface area contributed by atoms with Crippen LogP contribution < -0.4 is 10.6 Å². The van der Waals surface area contributed by atoms with Gasteiger partial charge in [-0.15, -0.1) is 11.3 Å². The van der Waals surface area contributed by atoms with Crippen molar-refractivity contribution in [3.63, 3.8) is 0 Å². The second kappa shape index (κ2) is 7.24. The van der Waals surface area contributed by atoms with Gasteiger partial charge in [-0.2, -0.15) is 13.2 Å². The quantitative estimate of drug-likeness (QED) is 0.779. The number of amides is 2. The zero-order valence-electron chi connectivity index (χ0n) is 13.2. The minimum Gasteiger partial charge on any atom is -0.326 e. The van der Waals surface area contributed by atoms with Crippen LogP contribution in [0, 0.1) is 5.92 Å². The van der Waals surface area contributed by atoms with E-state index >= 15 is 0 Å². The Morgan fingerprint density at radius 2 is 2.00 bits per heavy atom. The molecule has 5 nitrogen and oxygen atoms in total. The van der Waals surface area contributed by atoms with Gasteiger partial charge in [0.25, 0.3) is 0 Å². The molecule has 1 aliphatic rings. The van der Waals surface area contributed by atoms with Crippen LogP contribution >= 0.6 is 22.9 Å². The van der Waals surface area contributed by atoms with Crippen molar-refractivity contribution in [2.75, 3.05) is 10.6 Å². The summed E-state index contributed by atoms with van der Waals surface area (Å²) >= 11 is 6.73. The molecule has 1 saturated carbocycles. The molecule has 0 bridgehead atoms. The van der Waals surface area contributed by atoms with E-state index in [9.17, 15) is 22.8 Å². The molecule has 0 radical (unpaired) electrons. The molecule has 0 unspecified atom stereocenters. The molecule has 1 aromatic carbocycles. The highest BCUT2D eigenvalue weighted by Crippen LogP contribution is 2.36. The van der Waals surface area contributed by atoms with Gasteiger partial charge < -0.3 is 10.6 Å². The lowest BCUT2D eigenvalue weighted by molar-refractivity contribution is -0.137. The highest BCUT2D eigenvalue weighted by Gasteiger charge is 2.33. The zero-order valence-corrected chi connectivity index (χ0v) is 14.8. The van der Waals surface area contributed by atoms with E-state index < -0.39 is 22.7 Å². The number of rotatable bonds is 5. The number of aromatic nitrogens is 1. The molecule has 0 atom stereocenters. The normalized spacial score (nSPS) is 14.2. The summed E-state index contributed by atoms with van der Waals surface area (Å²) in [4.78, 5) is 27.8. The average Bonchev–Trinajstić information content (AvgIpc) is 3.31. The Hall–Kier alpha value is -2.13. The summed E-state index contributed by atoms with van der Waals surface area (Å²) in [6, 6.07) is 3.15. The summed E-state index contributed by atoms with van der Waals surface area (Å²) in [6.07, 6.45) is -3.00. The fourth-order valence-corrected chi connectivity index (χ4v) is 3.13. The molecule has 138 valence electrons. The van der Waals surface area contributed by atoms with Crippen molar-refractivity contribution in [1.29, 1.82) is 0 Å². The van der Waals surface area contributed by atoms with E-state index in [-0.39, 0.29) is 23.9 Å². The predicted octanol–water partition coefficient (Wildman–Crippen LogP) is 4.35. The molecular weight excluding hydrogens is 391 g/mol. The third-order valence-corrected chi connectivity index (χ3v) is 4.76. The van der Waals surface area contributed by atoms with Gasteiger partial charge in [0.1, 0.15) is 0 Å². The number of hydrogen-bond donors (Lipinski definition) is 2. The second-order valence-electron chi connectivity index (χ2n) is 5.82. The first kappa shape index (κ1) is 18.7. The number of nitrogens with zero attached hydrogens (tertiary/aromatic N) is 1. The molecular formula is C16H13ClF3N3O2S. The summed E-state index contributed by atoms with van der Waals surface area (Å²) in [5, 5.41) is 6.64. The zero-order chi connectivity index (χ0) is 18.9. The minimum atomic E-state index is -4.61. The Balaban J connectivity index is 1.60. The second-order valence-corrected chi connectivity index (χ2v) is 7.09. The highest BCUT2D eigenvalue weighted by molar-refractivity contribution is 7.13. The number of anilines is 2. The van der Waals surface area contributed by atoms with E-state index in [1.54, 1.807) is 5.38 Å². The molecule has 2 amide bonds. The fourth-order valence-electron chi connectivity index (χ4n) is 2.19. The molecule has 3 rings (SSSR count). The molecule has 1 fully saturated rings. The van der Waals surface area contributed by atoms with Gasteiger partial charge in [0.2, 0.25) is 11.8 Å². The van der Waals surface area contributed by atoms with Crippen molar-refractivity contribution in [3.05, 3.63) is 39.9 Å². The van der Waals surface area contributed by atoms with E-state index in [0.29, 0.717) is 10.8 Å². The number of benzene rings is 1. The van der Waals surface area contributed by atoms with Crippen LogP contribution in [0.3, 0.4) is 0 Å². The van der Waals surface area contributed by atoms with Crippen LogP contribution in [0.2, 0.25) is 5.02 Å². The Kier molecular flexibility index (Phi) is 5.19. The molecule has 10 heteroatoms. The first-order valence-electron chi connectivity index (χ1n) is 7.64. The van der Waals surface area contributed by atoms with Gasteiger partial charge in [-0.25, -0.2) is 4.98 Å². The van der Waals surface area contributed by atoms with Gasteiger partial charge in [-0.05, 0) is 31.0 Å². The van der Waals surface area contributed by atoms with Crippen LogP contribution in [0.15, 0.2) is 23.6 Å². The molecule has 0 spiro atoms. The number of hydrogen-bond acceptors (Lipinski definition) is 4. The van der Waals surface area contributed by atoms with Crippen LogP contribution in [0.25, 0.3) is 0 Å². The van der Waals surface area contributed by atoms with Crippen LogP contribution in [-0.4, -0.2) is 16.8 Å². The molecule has 0 aliphatic heterocycles. The molecule has 1 aromatic heterocycles. The Labute approximate surface area is 155 Å². The first-order valence-corrected chi connectivity index (χ1v) is 8.90. The van der Waals surface area contributed by atoms with Gasteiger partial charge >= 0.3 is 6.18 Å². The van der Waals surface area contributed by atoms with Crippen molar-refractivity contribution in [1.82, 2.24) is 4.98 Å². The molecule has 2 aromatic rings. The number of carbonyl (C=O) groups is 2. The summed E-state index contributed by atoms with van der Waals surface area (Å²) in [7, 11) is 0. The van der Waals surface area contributed by atoms with Crippen molar-refractivity contribution in [3.8, 4) is 0 Å². The minimum absolute atomic E-state index is 0.00999. The van der Waals surface area contributed by atoms with E-state index in [4.69, 9.17) is 11.6 Å². The van der Waals surface area contributed by atoms with Gasteiger partial charge in [0.05, 0.1) is 22.7 Å². The standard InChI is InChI=1S/C16H13ClF3N3O2S/c17-12-4-3-9(5-11(12)16(18,19)20)21-13(24)6-10-7-26-15(22-10)23-14(25)8-1-2-8/h3-5,7-8H,1-2,6H2,(H,21,24)(H,22,23,25). The summed E-state index contributed by atoms with van der Waals surface area (Å²) in [5.74, 6) is -0.569. The Morgan fingerprint density at radius 1 is 1.27 bits per heavy atom. The molecule has 26 heavy (non-hydrogen) atoms. The lowest BCUT2D eigenvalue weighted by Crippen LogP contribution is -2.16. The SMILES string of the molecule is O=C(Cc1csc(NC(=O)C2CC2)n1)Nc1ccc(Cl)c(C(F)(F)F)c1. The number of nitrogens with one attached hydrogen (secondary N) is 2. The van der Waals surface area contributed by atoms with Crippen molar-refractivity contribution in [2.45, 2.75) is 25.4 Å². The van der Waals surface area contributed by atoms with Gasteiger partial charge in [-0.3, -0.25) is 9.59 Å². The molecule has 1 aliphatic carbocycles. The van der Waals surface area contributed by atoms with Crippen molar-refractivity contribution in [2.24, 2.45) is 5.92 Å². The number of carbonyl (C=O) groups excluding carboxylic acids is 2. The van der Waals surface area contributed by atoms with Crippen molar-refractivity contribution < 1.29 is 22.8 Å². The summed E-state index contributed by atoms with van der Waals surface area (Å²) in [6.45, 7) is 0. The monoisotopic (exact) mass is 403 g/mol. The lowest BCUT2D eigenvalue weighted by Gasteiger charge is -2.11. The molecule has 2 N–H and O–H groups in total. The van der Waals surface area contributed by atoms with Gasteiger partial charge in [0, 0.05) is 17.0 Å². The largest absolute Gasteiger partial charge is 0.417 e. The van der Waals surface area contributed by atoms with Crippen LogP contribution in [-0.2, 0) is 22.2 Å². The highest BCUT2D eigenvalue weighted by atomic mass is 35.5. The van der Waals surface area contributed by atoms with Crippen LogP contribution in [0.1, 0.15) is 24.1 Å². The third-order valence-electron chi connectivity index (χ3n) is 3.63. The fraction of sp³-hybridized carbons (Fsp3) is 0.312. The lowest BCUT2D eigenvalue weighted by atomic mass is 10.2. The van der Waals surface area contributed by atoms with E-state index in [1.807, 2.05) is 0 Å². The van der Waals surface area contributed by atoms with Crippen LogP contribution in [0.4, 0.5) is 24.0 Å². The average molecular weight is 404 g/mol. The topological polar surface area (TPSA) is 71.1 Å². The maximum absolute atomic E-state index is 12.8. The smallest absolute Gasteiger partial charge is 0.326 e. The maximum atomic E-state index is 12.8. The van der Waals surface area contributed by atoms with Gasteiger partial charge in [-0.1, -0.05) is 11.6 Å². The molecule has 1 heterocycles. The number of alkyl halides is 3. The number of halogens is 4. The summed E-state index contributed by atoms with van der Waals surface area (Å²) < 4.78 is 38.5. The van der Waals surface area contributed by atoms with E-state index in [1.165, 1.54) is 17.4 Å². The molecule has 0 saturated heterocycles. The third kappa shape index (κ3) is 4.73. The number of thiazole rings is 1. The Bertz CT molecular complexity index is 850. The van der Waals surface area contributed by atoms with Crippen LogP contribution in [0.5, 0.6) is 0 Å². The van der Waals surface area contributed by atoms with E-state index in [0.717, 1.165) is 25.0 Å². The predicted molar refractivity (Wildman–Crippen MR) is 92.3 cm³/mol. The summed E-state index contributed by atoms with van der Waals surface area (Å²) in [5.41, 5.74) is -0.608. The van der Waals surface area contributed by atoms with E-state index in [2.05, 4.69) is 15.6 Å². The Morgan fingerprint density at radius 3 is 2.65 bits per heavy atom. The maximum Gasteiger partial charge on any atom is 0.417 e. The van der Waals surface area contributed by atoms with Crippen molar-refractivity contribution >= 4 is 45.6 Å².